The second-order valence-electron chi connectivity index (χ2n) is 5.43. The molecule has 21 heavy (non-hydrogen) atoms. The molecule has 0 spiro atoms. The Morgan fingerprint density at radius 2 is 2.00 bits per heavy atom. The number of aromatic nitrogens is 2. The maximum Gasteiger partial charge on any atom is 0.257 e. The van der Waals surface area contributed by atoms with Gasteiger partial charge in [0.1, 0.15) is 5.54 Å². The third kappa shape index (κ3) is 4.06. The van der Waals surface area contributed by atoms with E-state index in [1.807, 2.05) is 51.3 Å². The Labute approximate surface area is 129 Å². The molecule has 0 saturated heterocycles. The number of benzene rings is 1. The lowest BCUT2D eigenvalue weighted by molar-refractivity contribution is 0.0410. The van der Waals surface area contributed by atoms with Crippen molar-refractivity contribution >= 4 is 11.8 Å². The highest BCUT2D eigenvalue weighted by molar-refractivity contribution is 7.98. The minimum Gasteiger partial charge on any atom is -0.376 e. The van der Waals surface area contributed by atoms with Crippen molar-refractivity contribution in [2.75, 3.05) is 12.9 Å². The highest BCUT2D eigenvalue weighted by Gasteiger charge is 2.28. The van der Waals surface area contributed by atoms with Gasteiger partial charge in [-0.25, -0.2) is 0 Å². The fourth-order valence-corrected chi connectivity index (χ4v) is 2.12. The Hall–Kier alpha value is -1.37. The van der Waals surface area contributed by atoms with E-state index in [-0.39, 0.29) is 6.10 Å². The molecule has 0 saturated carbocycles. The van der Waals surface area contributed by atoms with E-state index in [0.29, 0.717) is 18.3 Å². The molecule has 6 heteroatoms. The minimum absolute atomic E-state index is 0.110. The van der Waals surface area contributed by atoms with Gasteiger partial charge in [0.25, 0.3) is 5.89 Å². The first kappa shape index (κ1) is 16.0. The molecule has 5 nitrogen and oxygen atoms in total. The van der Waals surface area contributed by atoms with Crippen LogP contribution in [0.1, 0.15) is 26.6 Å². The van der Waals surface area contributed by atoms with Crippen LogP contribution in [0.2, 0.25) is 0 Å². The van der Waals surface area contributed by atoms with E-state index in [1.165, 1.54) is 4.90 Å². The topological polar surface area (TPSA) is 74.2 Å². The van der Waals surface area contributed by atoms with Gasteiger partial charge in [-0.1, -0.05) is 5.16 Å². The number of ether oxygens (including phenoxy) is 1. The summed E-state index contributed by atoms with van der Waals surface area (Å²) >= 11 is 1.69. The Bertz CT molecular complexity index is 579. The molecule has 1 aromatic carbocycles. The Balaban J connectivity index is 2.16. The fourth-order valence-electron chi connectivity index (χ4n) is 1.71. The predicted octanol–water partition coefficient (Wildman–Crippen LogP) is 3.06. The fraction of sp³-hybridized carbons (Fsp3) is 0.467. The molecule has 2 rings (SSSR count). The molecule has 1 unspecified atom stereocenters. The minimum atomic E-state index is -0.773. The van der Waals surface area contributed by atoms with Gasteiger partial charge < -0.3 is 15.0 Å². The molecule has 0 radical (unpaired) electrons. The van der Waals surface area contributed by atoms with E-state index in [2.05, 4.69) is 10.1 Å². The quantitative estimate of drug-likeness (QED) is 0.827. The van der Waals surface area contributed by atoms with Crippen molar-refractivity contribution < 1.29 is 9.26 Å². The summed E-state index contributed by atoms with van der Waals surface area (Å²) in [5.74, 6) is 0.922. The van der Waals surface area contributed by atoms with E-state index in [1.54, 1.807) is 11.8 Å². The Morgan fingerprint density at radius 3 is 2.57 bits per heavy atom. The monoisotopic (exact) mass is 307 g/mol. The lowest BCUT2D eigenvalue weighted by Gasteiger charge is -2.21. The molecular weight excluding hydrogens is 286 g/mol. The number of nitrogens with two attached hydrogens (primary N) is 1. The molecule has 114 valence electrons. The number of nitrogens with zero attached hydrogens (tertiary/aromatic N) is 2. The lowest BCUT2D eigenvalue weighted by Crippen LogP contribution is -2.40. The Kier molecular flexibility index (Phi) is 5.03. The number of rotatable bonds is 6. The Morgan fingerprint density at radius 1 is 1.33 bits per heavy atom. The van der Waals surface area contributed by atoms with E-state index in [9.17, 15) is 0 Å². The molecule has 1 aromatic heterocycles. The van der Waals surface area contributed by atoms with Crippen molar-refractivity contribution in [3.05, 3.63) is 30.1 Å². The first-order chi connectivity index (χ1) is 9.92. The summed E-state index contributed by atoms with van der Waals surface area (Å²) in [4.78, 5) is 5.58. The normalized spacial score (nSPS) is 14.4. The van der Waals surface area contributed by atoms with Crippen LogP contribution in [0.25, 0.3) is 11.5 Å². The third-order valence-corrected chi connectivity index (χ3v) is 3.73. The first-order valence-electron chi connectivity index (χ1n) is 6.81. The van der Waals surface area contributed by atoms with Gasteiger partial charge in [-0.05, 0) is 51.3 Å². The van der Waals surface area contributed by atoms with Crippen LogP contribution in [0.3, 0.4) is 0 Å². The highest BCUT2D eigenvalue weighted by Crippen LogP contribution is 2.24. The van der Waals surface area contributed by atoms with Crippen molar-refractivity contribution in [3.8, 4) is 11.5 Å². The lowest BCUT2D eigenvalue weighted by atomic mass is 10.1. The zero-order chi connectivity index (χ0) is 15.5. The van der Waals surface area contributed by atoms with Gasteiger partial charge in [0, 0.05) is 10.5 Å². The summed E-state index contributed by atoms with van der Waals surface area (Å²) in [5.41, 5.74) is 6.32. The summed E-state index contributed by atoms with van der Waals surface area (Å²) in [7, 11) is 0. The molecular formula is C15H21N3O2S. The van der Waals surface area contributed by atoms with Gasteiger partial charge in [-0.15, -0.1) is 11.8 Å². The summed E-state index contributed by atoms with van der Waals surface area (Å²) in [6, 6.07) is 7.96. The zero-order valence-corrected chi connectivity index (χ0v) is 13.6. The molecule has 1 atom stereocenters. The van der Waals surface area contributed by atoms with Crippen molar-refractivity contribution in [2.24, 2.45) is 5.73 Å². The first-order valence-corrected chi connectivity index (χ1v) is 8.04. The van der Waals surface area contributed by atoms with Crippen LogP contribution in [-0.4, -0.2) is 29.1 Å². The highest BCUT2D eigenvalue weighted by atomic mass is 32.2. The SMILES string of the molecule is CSc1ccc(-c2nc(C(C)(N)COC(C)C)no2)cc1. The van der Waals surface area contributed by atoms with E-state index in [4.69, 9.17) is 15.0 Å². The summed E-state index contributed by atoms with van der Waals surface area (Å²) in [6.45, 7) is 6.10. The smallest absolute Gasteiger partial charge is 0.257 e. The molecule has 0 aliphatic carbocycles. The average molecular weight is 307 g/mol. The van der Waals surface area contributed by atoms with Crippen molar-refractivity contribution in [3.63, 3.8) is 0 Å². The largest absolute Gasteiger partial charge is 0.376 e. The van der Waals surface area contributed by atoms with Gasteiger partial charge in [0.2, 0.25) is 0 Å². The van der Waals surface area contributed by atoms with Gasteiger partial charge in [-0.2, -0.15) is 4.98 Å². The summed E-state index contributed by atoms with van der Waals surface area (Å²) < 4.78 is 10.9. The van der Waals surface area contributed by atoms with Crippen LogP contribution in [0.5, 0.6) is 0 Å². The second-order valence-corrected chi connectivity index (χ2v) is 6.31. The zero-order valence-electron chi connectivity index (χ0n) is 12.8. The number of thioether (sulfide) groups is 1. The molecule has 0 amide bonds. The third-order valence-electron chi connectivity index (χ3n) is 2.99. The molecule has 0 aliphatic rings. The van der Waals surface area contributed by atoms with E-state index in [0.717, 1.165) is 5.56 Å². The van der Waals surface area contributed by atoms with Crippen molar-refractivity contribution in [2.45, 2.75) is 37.3 Å². The second kappa shape index (κ2) is 6.60. The van der Waals surface area contributed by atoms with Gasteiger partial charge >= 0.3 is 0 Å². The van der Waals surface area contributed by atoms with Crippen LogP contribution in [0.4, 0.5) is 0 Å². The number of hydrogen-bond donors (Lipinski definition) is 1. The molecule has 2 aromatic rings. The van der Waals surface area contributed by atoms with Gasteiger partial charge in [-0.3, -0.25) is 0 Å². The molecule has 2 N–H and O–H groups in total. The predicted molar refractivity (Wildman–Crippen MR) is 84.1 cm³/mol. The standard InChI is InChI=1S/C15H21N3O2S/c1-10(2)19-9-15(3,16)14-17-13(20-18-14)11-5-7-12(21-4)8-6-11/h5-8,10H,9,16H2,1-4H3. The van der Waals surface area contributed by atoms with Crippen LogP contribution < -0.4 is 5.73 Å². The van der Waals surface area contributed by atoms with Crippen LogP contribution >= 0.6 is 11.8 Å². The van der Waals surface area contributed by atoms with E-state index < -0.39 is 5.54 Å². The van der Waals surface area contributed by atoms with Crippen molar-refractivity contribution in [1.29, 1.82) is 0 Å². The maximum absolute atomic E-state index is 6.21. The van der Waals surface area contributed by atoms with Crippen LogP contribution in [0, 0.1) is 0 Å². The molecule has 1 heterocycles. The van der Waals surface area contributed by atoms with E-state index >= 15 is 0 Å². The van der Waals surface area contributed by atoms with Gasteiger partial charge in [0.05, 0.1) is 12.7 Å². The molecule has 0 bridgehead atoms. The molecule has 0 fully saturated rings. The van der Waals surface area contributed by atoms with Crippen LogP contribution in [-0.2, 0) is 10.3 Å². The number of hydrogen-bond acceptors (Lipinski definition) is 6. The maximum atomic E-state index is 6.21. The molecule has 0 aliphatic heterocycles. The summed E-state index contributed by atoms with van der Waals surface area (Å²) in [6.07, 6.45) is 2.15. The van der Waals surface area contributed by atoms with Crippen LogP contribution in [0.15, 0.2) is 33.7 Å². The average Bonchev–Trinajstić information content (AvgIpc) is 2.96. The summed E-state index contributed by atoms with van der Waals surface area (Å²) in [5, 5.41) is 3.99. The van der Waals surface area contributed by atoms with Gasteiger partial charge in [0.15, 0.2) is 5.82 Å². The van der Waals surface area contributed by atoms with Crippen molar-refractivity contribution in [1.82, 2.24) is 10.1 Å².